The molecular formula is C6H9AsN2O2. The van der Waals surface area contributed by atoms with E-state index in [-0.39, 0.29) is 0 Å². The Labute approximate surface area is 73.4 Å². The van der Waals surface area contributed by atoms with Crippen molar-refractivity contribution in [1.82, 2.24) is 9.97 Å². The molecule has 0 spiro atoms. The van der Waals surface area contributed by atoms with Gasteiger partial charge in [-0.3, -0.25) is 0 Å². The molecule has 0 aliphatic heterocycles. The third-order valence-electron chi connectivity index (χ3n) is 1.13. The van der Waals surface area contributed by atoms with Crippen LogP contribution in [0.4, 0.5) is 0 Å². The summed E-state index contributed by atoms with van der Waals surface area (Å²) in [5.74, 6) is 0.580. The number of nitrogens with zero attached hydrogens (tertiary/aromatic N) is 2. The third kappa shape index (κ3) is 1.84. The predicted molar refractivity (Wildman–Crippen MR) is 43.3 cm³/mol. The van der Waals surface area contributed by atoms with Gasteiger partial charge in [-0.25, -0.2) is 0 Å². The summed E-state index contributed by atoms with van der Waals surface area (Å²) >= 11 is 1.43. The van der Waals surface area contributed by atoms with Crippen LogP contribution in [0.3, 0.4) is 0 Å². The molecule has 1 aromatic rings. The maximum atomic E-state index is 4.97. The molecule has 0 radical (unpaired) electrons. The van der Waals surface area contributed by atoms with Gasteiger partial charge in [-0.15, -0.1) is 0 Å². The van der Waals surface area contributed by atoms with E-state index >= 15 is 0 Å². The zero-order valence-electron chi connectivity index (χ0n) is 6.37. The van der Waals surface area contributed by atoms with Crippen molar-refractivity contribution in [1.29, 1.82) is 0 Å². The van der Waals surface area contributed by atoms with Gasteiger partial charge in [-0.1, -0.05) is 0 Å². The fourth-order valence-electron chi connectivity index (χ4n) is 0.622. The molecule has 0 saturated heterocycles. The van der Waals surface area contributed by atoms with Crippen LogP contribution < -0.4 is 13.8 Å². The van der Waals surface area contributed by atoms with Crippen molar-refractivity contribution in [2.24, 2.45) is 0 Å². The normalized spacial score (nSPS) is 9.36. The zero-order chi connectivity index (χ0) is 8.27. The van der Waals surface area contributed by atoms with Crippen molar-refractivity contribution < 1.29 is 9.47 Å². The molecule has 0 saturated carbocycles. The SMILES string of the molecule is COc1ncc([AsH2])c(OC)n1. The average Bonchev–Trinajstić information content (AvgIpc) is 2.05. The Kier molecular flexibility index (Phi) is 2.71. The van der Waals surface area contributed by atoms with Gasteiger partial charge < -0.3 is 0 Å². The van der Waals surface area contributed by atoms with Crippen molar-refractivity contribution in [2.45, 2.75) is 0 Å². The molecule has 5 heteroatoms. The third-order valence-corrected chi connectivity index (χ3v) is 1.97. The number of hydrogen-bond donors (Lipinski definition) is 0. The van der Waals surface area contributed by atoms with Crippen LogP contribution in [-0.2, 0) is 0 Å². The second kappa shape index (κ2) is 3.58. The second-order valence-electron chi connectivity index (χ2n) is 1.82. The summed E-state index contributed by atoms with van der Waals surface area (Å²) in [7, 11) is 3.10. The van der Waals surface area contributed by atoms with E-state index in [1.54, 1.807) is 13.3 Å². The average molecular weight is 216 g/mol. The van der Waals surface area contributed by atoms with Crippen LogP contribution in [0.25, 0.3) is 0 Å². The van der Waals surface area contributed by atoms with Gasteiger partial charge in [-0.05, 0) is 0 Å². The van der Waals surface area contributed by atoms with E-state index < -0.39 is 0 Å². The molecule has 0 aliphatic rings. The van der Waals surface area contributed by atoms with Crippen LogP contribution in [-0.4, -0.2) is 41.0 Å². The quantitative estimate of drug-likeness (QED) is 0.579. The van der Waals surface area contributed by atoms with Gasteiger partial charge in [0.05, 0.1) is 0 Å². The molecule has 11 heavy (non-hydrogen) atoms. The zero-order valence-corrected chi connectivity index (χ0v) is 8.79. The standard InChI is InChI=1S/C6H9AsN2O2/c1-10-5-4(7)3-8-6(9-5)11-2/h3H,7H2,1-2H3. The first kappa shape index (κ1) is 8.34. The second-order valence-corrected chi connectivity index (χ2v) is 3.13. The minimum atomic E-state index is 0.336. The van der Waals surface area contributed by atoms with Crippen molar-refractivity contribution >= 4 is 21.2 Å². The molecule has 0 aliphatic carbocycles. The fourth-order valence-corrected chi connectivity index (χ4v) is 1.16. The molecule has 1 atom stereocenters. The predicted octanol–water partition coefficient (Wildman–Crippen LogP) is -1.25. The van der Waals surface area contributed by atoms with Gasteiger partial charge in [0.25, 0.3) is 0 Å². The Hall–Kier alpha value is -0.762. The summed E-state index contributed by atoms with van der Waals surface area (Å²) < 4.78 is 10.7. The Morgan fingerprint density at radius 2 is 2.09 bits per heavy atom. The molecule has 1 aromatic heterocycles. The summed E-state index contributed by atoms with van der Waals surface area (Å²) in [5, 5.41) is 0. The topological polar surface area (TPSA) is 44.2 Å². The Morgan fingerprint density at radius 1 is 1.36 bits per heavy atom. The van der Waals surface area contributed by atoms with E-state index in [9.17, 15) is 0 Å². The first-order valence-electron chi connectivity index (χ1n) is 2.98. The molecule has 1 heterocycles. The maximum absolute atomic E-state index is 4.97. The number of rotatable bonds is 2. The molecule has 4 nitrogen and oxygen atoms in total. The molecule has 0 amide bonds. The van der Waals surface area contributed by atoms with Crippen molar-refractivity contribution in [3.63, 3.8) is 0 Å². The van der Waals surface area contributed by atoms with Crippen LogP contribution in [0.15, 0.2) is 6.20 Å². The molecule has 0 aromatic carbocycles. The fraction of sp³-hybridized carbons (Fsp3) is 0.333. The molecule has 0 bridgehead atoms. The molecule has 1 rings (SSSR count). The van der Waals surface area contributed by atoms with Crippen LogP contribution >= 0.6 is 0 Å². The molecule has 0 fully saturated rings. The van der Waals surface area contributed by atoms with Gasteiger partial charge >= 0.3 is 73.0 Å². The number of aromatic nitrogens is 2. The van der Waals surface area contributed by atoms with E-state index in [1.807, 2.05) is 0 Å². The monoisotopic (exact) mass is 216 g/mol. The summed E-state index contributed by atoms with van der Waals surface area (Å²) in [6.45, 7) is 0. The Bertz CT molecular complexity index is 254. The van der Waals surface area contributed by atoms with Gasteiger partial charge in [0.1, 0.15) is 0 Å². The van der Waals surface area contributed by atoms with E-state index in [1.165, 1.54) is 24.0 Å². The van der Waals surface area contributed by atoms with Gasteiger partial charge in [-0.2, -0.15) is 0 Å². The molecule has 0 N–H and O–H groups in total. The molecule has 60 valence electrons. The summed E-state index contributed by atoms with van der Waals surface area (Å²) in [4.78, 5) is 7.88. The van der Waals surface area contributed by atoms with Crippen LogP contribution in [0, 0.1) is 0 Å². The molecular weight excluding hydrogens is 207 g/mol. The van der Waals surface area contributed by atoms with Crippen LogP contribution in [0.5, 0.6) is 11.9 Å². The number of ether oxygens (including phenoxy) is 2. The van der Waals surface area contributed by atoms with Gasteiger partial charge in [0.15, 0.2) is 0 Å². The first-order chi connectivity index (χ1) is 5.27. The van der Waals surface area contributed by atoms with E-state index in [2.05, 4.69) is 9.97 Å². The Balaban J connectivity index is 3.02. The number of hydrogen-bond acceptors (Lipinski definition) is 4. The minimum absolute atomic E-state index is 0.336. The Morgan fingerprint density at radius 3 is 2.64 bits per heavy atom. The van der Waals surface area contributed by atoms with E-state index in [4.69, 9.17) is 9.47 Å². The van der Waals surface area contributed by atoms with Crippen LogP contribution in [0.2, 0.25) is 0 Å². The van der Waals surface area contributed by atoms with Gasteiger partial charge in [0.2, 0.25) is 0 Å². The van der Waals surface area contributed by atoms with Gasteiger partial charge in [0, 0.05) is 0 Å². The van der Waals surface area contributed by atoms with Crippen molar-refractivity contribution in [2.75, 3.05) is 14.2 Å². The van der Waals surface area contributed by atoms with Crippen molar-refractivity contribution in [3.05, 3.63) is 6.20 Å². The van der Waals surface area contributed by atoms with E-state index in [0.717, 1.165) is 4.35 Å². The summed E-state index contributed by atoms with van der Waals surface area (Å²) in [6.07, 6.45) is 1.69. The van der Waals surface area contributed by atoms with E-state index in [0.29, 0.717) is 11.9 Å². The summed E-state index contributed by atoms with van der Waals surface area (Å²) in [6, 6.07) is 0.336. The first-order valence-corrected chi connectivity index (χ1v) is 4.19. The van der Waals surface area contributed by atoms with Crippen LogP contribution in [0.1, 0.15) is 0 Å². The molecule has 1 unspecified atom stereocenters. The summed E-state index contributed by atoms with van der Waals surface area (Å²) in [5.41, 5.74) is 0. The number of methoxy groups -OCH3 is 2. The van der Waals surface area contributed by atoms with Crippen molar-refractivity contribution in [3.8, 4) is 11.9 Å².